The summed E-state index contributed by atoms with van der Waals surface area (Å²) < 4.78 is 2.58. The molecule has 0 atom stereocenters. The van der Waals surface area contributed by atoms with E-state index in [-0.39, 0.29) is 0 Å². The largest absolute Gasteiger partial charge is 0.205 e. The Kier molecular flexibility index (Phi) is 34.2. The van der Waals surface area contributed by atoms with Crippen molar-refractivity contribution in [1.82, 2.24) is 0 Å². The first-order valence-electron chi connectivity index (χ1n) is 22.3. The van der Waals surface area contributed by atoms with Crippen molar-refractivity contribution in [2.45, 2.75) is 265 Å². The summed E-state index contributed by atoms with van der Waals surface area (Å²) in [7, 11) is 0. The standard InChI is InChI=1S/C46H88N/c1-4-7-10-13-16-19-22-23-24-25-26-29-32-35-38-41-47-43-45(39-36-33-30-27-20-17-14-11-8-5-2)42-46(44-47)40-37-34-31-28-21-18-15-12-9-6-3/h42-44H,4-41H2,1-3H3/q+1. The Hall–Kier alpha value is -0.850. The minimum absolute atomic E-state index is 1.22. The molecule has 1 rings (SSSR count). The third-order valence-corrected chi connectivity index (χ3v) is 10.7. The lowest BCUT2D eigenvalue weighted by Crippen LogP contribution is -2.34. The Bertz CT molecular complexity index is 696. The summed E-state index contributed by atoms with van der Waals surface area (Å²) in [6.07, 6.45) is 57.8. The maximum atomic E-state index is 2.58. The second-order valence-electron chi connectivity index (χ2n) is 15.6. The van der Waals surface area contributed by atoms with E-state index in [9.17, 15) is 0 Å². The van der Waals surface area contributed by atoms with Crippen LogP contribution in [0.4, 0.5) is 0 Å². The fourth-order valence-corrected chi connectivity index (χ4v) is 7.48. The molecule has 0 N–H and O–H groups in total. The predicted molar refractivity (Wildman–Crippen MR) is 213 cm³/mol. The number of aryl methyl sites for hydroxylation is 3. The summed E-state index contributed by atoms with van der Waals surface area (Å²) >= 11 is 0. The molecule has 1 heterocycles. The van der Waals surface area contributed by atoms with Gasteiger partial charge >= 0.3 is 0 Å². The molecule has 0 aliphatic heterocycles. The monoisotopic (exact) mass is 655 g/mol. The van der Waals surface area contributed by atoms with Gasteiger partial charge in [-0.25, -0.2) is 4.57 Å². The van der Waals surface area contributed by atoms with Gasteiger partial charge in [-0.1, -0.05) is 220 Å². The molecule has 0 aliphatic rings. The van der Waals surface area contributed by atoms with Crippen molar-refractivity contribution in [2.75, 3.05) is 0 Å². The van der Waals surface area contributed by atoms with Gasteiger partial charge in [0.2, 0.25) is 0 Å². The first-order valence-corrected chi connectivity index (χ1v) is 22.3. The Labute approximate surface area is 298 Å². The summed E-state index contributed by atoms with van der Waals surface area (Å²) in [6.45, 7) is 8.16. The van der Waals surface area contributed by atoms with Crippen molar-refractivity contribution in [3.05, 3.63) is 29.6 Å². The Balaban J connectivity index is 2.29. The van der Waals surface area contributed by atoms with Gasteiger partial charge in [0.15, 0.2) is 12.4 Å². The van der Waals surface area contributed by atoms with Crippen LogP contribution >= 0.6 is 0 Å². The van der Waals surface area contributed by atoms with Crippen LogP contribution < -0.4 is 4.57 Å². The molecule has 0 bridgehead atoms. The van der Waals surface area contributed by atoms with Crippen LogP contribution in [0.25, 0.3) is 0 Å². The summed E-state index contributed by atoms with van der Waals surface area (Å²) in [5, 5.41) is 0. The molecular weight excluding hydrogens is 567 g/mol. The number of rotatable bonds is 38. The van der Waals surface area contributed by atoms with Crippen molar-refractivity contribution in [3.63, 3.8) is 0 Å². The highest BCUT2D eigenvalue weighted by molar-refractivity contribution is 5.15. The first kappa shape index (κ1) is 44.2. The highest BCUT2D eigenvalue weighted by Crippen LogP contribution is 2.17. The van der Waals surface area contributed by atoms with Gasteiger partial charge in [-0.3, -0.25) is 0 Å². The van der Waals surface area contributed by atoms with Gasteiger partial charge in [0.05, 0.1) is 0 Å². The van der Waals surface area contributed by atoms with Gasteiger partial charge in [0.25, 0.3) is 0 Å². The number of nitrogens with zero attached hydrogens (tertiary/aromatic N) is 1. The fourth-order valence-electron chi connectivity index (χ4n) is 7.48. The number of pyridine rings is 1. The highest BCUT2D eigenvalue weighted by atomic mass is 14.9. The third-order valence-electron chi connectivity index (χ3n) is 10.7. The molecule has 0 radical (unpaired) electrons. The van der Waals surface area contributed by atoms with Crippen LogP contribution in [0.3, 0.4) is 0 Å². The molecule has 0 saturated carbocycles. The minimum Gasteiger partial charge on any atom is -0.205 e. The summed E-state index contributed by atoms with van der Waals surface area (Å²) in [5.74, 6) is 0. The van der Waals surface area contributed by atoms with Gasteiger partial charge in [-0.05, 0) is 38.2 Å². The zero-order valence-corrected chi connectivity index (χ0v) is 33.0. The van der Waals surface area contributed by atoms with Crippen molar-refractivity contribution < 1.29 is 4.57 Å². The van der Waals surface area contributed by atoms with Gasteiger partial charge in [-0.15, -0.1) is 0 Å². The normalized spacial score (nSPS) is 11.6. The Morgan fingerprint density at radius 2 is 0.532 bits per heavy atom. The van der Waals surface area contributed by atoms with Crippen LogP contribution in [-0.4, -0.2) is 0 Å². The maximum Gasteiger partial charge on any atom is 0.171 e. The molecule has 0 spiro atoms. The van der Waals surface area contributed by atoms with Crippen LogP contribution in [0.15, 0.2) is 18.5 Å². The molecule has 1 aromatic heterocycles. The average Bonchev–Trinajstić information content (AvgIpc) is 3.08. The van der Waals surface area contributed by atoms with E-state index < -0.39 is 0 Å². The molecule has 0 aromatic carbocycles. The Morgan fingerprint density at radius 3 is 0.809 bits per heavy atom. The van der Waals surface area contributed by atoms with Gasteiger partial charge in [0.1, 0.15) is 6.54 Å². The smallest absolute Gasteiger partial charge is 0.171 e. The predicted octanol–water partition coefficient (Wildman–Crippen LogP) is 15.8. The first-order chi connectivity index (χ1) is 23.3. The second-order valence-corrected chi connectivity index (χ2v) is 15.6. The van der Waals surface area contributed by atoms with Crippen molar-refractivity contribution >= 4 is 0 Å². The number of hydrogen-bond donors (Lipinski definition) is 0. The quantitative estimate of drug-likeness (QED) is 0.0493. The van der Waals surface area contributed by atoms with E-state index >= 15 is 0 Å². The topological polar surface area (TPSA) is 3.88 Å². The molecule has 1 aromatic rings. The lowest BCUT2D eigenvalue weighted by molar-refractivity contribution is -0.698. The van der Waals surface area contributed by atoms with Crippen molar-refractivity contribution in [2.24, 2.45) is 0 Å². The van der Waals surface area contributed by atoms with E-state index in [1.165, 1.54) is 244 Å². The molecule has 0 aliphatic carbocycles. The van der Waals surface area contributed by atoms with Gasteiger partial charge < -0.3 is 0 Å². The number of aromatic nitrogens is 1. The Morgan fingerprint density at radius 1 is 0.298 bits per heavy atom. The molecule has 0 fully saturated rings. The summed E-state index contributed by atoms with van der Waals surface area (Å²) in [4.78, 5) is 0. The molecular formula is C46H88N+. The van der Waals surface area contributed by atoms with Crippen LogP contribution in [0, 0.1) is 0 Å². The highest BCUT2D eigenvalue weighted by Gasteiger charge is 2.09. The molecule has 1 heteroatoms. The van der Waals surface area contributed by atoms with Gasteiger partial charge in [0, 0.05) is 17.5 Å². The molecule has 276 valence electrons. The van der Waals surface area contributed by atoms with Crippen LogP contribution in [0.2, 0.25) is 0 Å². The minimum atomic E-state index is 1.22. The zero-order chi connectivity index (χ0) is 33.7. The van der Waals surface area contributed by atoms with Crippen molar-refractivity contribution in [3.8, 4) is 0 Å². The van der Waals surface area contributed by atoms with Crippen LogP contribution in [0.1, 0.15) is 257 Å². The lowest BCUT2D eigenvalue weighted by atomic mass is 10.0. The average molecular weight is 655 g/mol. The van der Waals surface area contributed by atoms with E-state index in [0.717, 1.165) is 0 Å². The zero-order valence-electron chi connectivity index (χ0n) is 33.0. The summed E-state index contributed by atoms with van der Waals surface area (Å²) in [6, 6.07) is 2.57. The second kappa shape index (κ2) is 36.4. The molecule has 1 nitrogen and oxygen atoms in total. The SMILES string of the molecule is CCCCCCCCCCCCCCCCC[n+]1cc(CCCCCCCCCCCC)cc(CCCCCCCCCCCC)c1. The molecule has 47 heavy (non-hydrogen) atoms. The lowest BCUT2D eigenvalue weighted by Gasteiger charge is -2.07. The fraction of sp³-hybridized carbons (Fsp3) is 0.891. The van der Waals surface area contributed by atoms with Gasteiger partial charge in [-0.2, -0.15) is 0 Å². The molecule has 0 saturated heterocycles. The van der Waals surface area contributed by atoms with E-state index in [1.54, 1.807) is 11.1 Å². The van der Waals surface area contributed by atoms with Crippen LogP contribution in [0.5, 0.6) is 0 Å². The maximum absolute atomic E-state index is 2.58. The number of unbranched alkanes of at least 4 members (excludes halogenated alkanes) is 32. The van der Waals surface area contributed by atoms with E-state index in [2.05, 4.69) is 43.8 Å². The molecule has 0 amide bonds. The van der Waals surface area contributed by atoms with E-state index in [4.69, 9.17) is 0 Å². The van der Waals surface area contributed by atoms with E-state index in [1.807, 2.05) is 0 Å². The number of hydrogen-bond acceptors (Lipinski definition) is 0. The van der Waals surface area contributed by atoms with E-state index in [0.29, 0.717) is 0 Å². The van der Waals surface area contributed by atoms with Crippen molar-refractivity contribution in [1.29, 1.82) is 0 Å². The summed E-state index contributed by atoms with van der Waals surface area (Å²) in [5.41, 5.74) is 3.21. The third kappa shape index (κ3) is 30.9. The van der Waals surface area contributed by atoms with Crippen LogP contribution in [-0.2, 0) is 19.4 Å². The molecule has 0 unspecified atom stereocenters.